The summed E-state index contributed by atoms with van der Waals surface area (Å²) in [6.45, 7) is 1.67. The number of nitriles is 1. The van der Waals surface area contributed by atoms with E-state index in [2.05, 4.69) is 28.0 Å². The molecule has 3 aliphatic heterocycles. The molecule has 10 nitrogen and oxygen atoms in total. The largest absolute Gasteiger partial charge is 0.330 e. The number of piperazine rings is 1. The highest BCUT2D eigenvalue weighted by atomic mass is 32.2. The zero-order chi connectivity index (χ0) is 24.7. The topological polar surface area (TPSA) is 115 Å². The number of hydroxylamine groups is 2. The van der Waals surface area contributed by atoms with Crippen LogP contribution in [0.4, 0.5) is 0 Å². The molecule has 3 heterocycles. The SMILES string of the molecule is CN(C)OOSc1ccc2c(c1)CC[C@H]2N1C(=O)[C@@H]2C[C@H]1CN2C[C@H](N)C(=O)N1CCC[C@H]1C#N. The first-order valence-corrected chi connectivity index (χ1v) is 12.9. The number of likely N-dealkylation sites (tertiary alicyclic amines) is 3. The monoisotopic (exact) mass is 500 g/mol. The summed E-state index contributed by atoms with van der Waals surface area (Å²) in [7, 11) is 3.50. The number of carbonyl (C=O) groups is 2. The molecule has 5 atom stereocenters. The van der Waals surface area contributed by atoms with Crippen molar-refractivity contribution in [2.75, 3.05) is 33.7 Å². The number of aryl methyl sites for hydroxylation is 1. The summed E-state index contributed by atoms with van der Waals surface area (Å²) < 4.78 is 5.15. The van der Waals surface area contributed by atoms with Gasteiger partial charge in [-0.25, -0.2) is 0 Å². The molecule has 35 heavy (non-hydrogen) atoms. The number of benzene rings is 1. The van der Waals surface area contributed by atoms with Crippen molar-refractivity contribution in [1.29, 1.82) is 5.26 Å². The summed E-state index contributed by atoms with van der Waals surface area (Å²) >= 11 is 1.17. The second kappa shape index (κ2) is 10.0. The summed E-state index contributed by atoms with van der Waals surface area (Å²) in [5.41, 5.74) is 8.71. The zero-order valence-electron chi connectivity index (χ0n) is 20.1. The van der Waals surface area contributed by atoms with Crippen LogP contribution in [-0.2, 0) is 25.3 Å². The van der Waals surface area contributed by atoms with Crippen LogP contribution in [-0.4, -0.2) is 89.5 Å². The molecule has 11 heteroatoms. The van der Waals surface area contributed by atoms with Crippen LogP contribution < -0.4 is 5.73 Å². The fraction of sp³-hybridized carbons (Fsp3) is 0.625. The zero-order valence-corrected chi connectivity index (χ0v) is 20.9. The molecule has 0 spiro atoms. The molecule has 1 aromatic rings. The van der Waals surface area contributed by atoms with E-state index < -0.39 is 6.04 Å². The third-order valence-electron chi connectivity index (χ3n) is 7.55. The Bertz CT molecular complexity index is 1030. The minimum atomic E-state index is -0.716. The van der Waals surface area contributed by atoms with E-state index in [1.165, 1.54) is 28.2 Å². The highest BCUT2D eigenvalue weighted by Crippen LogP contribution is 2.44. The minimum absolute atomic E-state index is 0.0870. The average molecular weight is 501 g/mol. The Labute approximate surface area is 210 Å². The normalized spacial score (nSPS) is 28.7. The summed E-state index contributed by atoms with van der Waals surface area (Å²) in [4.78, 5) is 38.0. The van der Waals surface area contributed by atoms with E-state index in [1.54, 1.807) is 19.0 Å². The Morgan fingerprint density at radius 1 is 1.34 bits per heavy atom. The lowest BCUT2D eigenvalue weighted by molar-refractivity contribution is -0.340. The summed E-state index contributed by atoms with van der Waals surface area (Å²) in [5, 5.41) is 10.8. The van der Waals surface area contributed by atoms with Crippen molar-refractivity contribution in [2.24, 2.45) is 5.73 Å². The van der Waals surface area contributed by atoms with Crippen molar-refractivity contribution in [2.45, 2.75) is 67.2 Å². The lowest BCUT2D eigenvalue weighted by Crippen LogP contribution is -2.56. The maximum absolute atomic E-state index is 13.4. The van der Waals surface area contributed by atoms with Gasteiger partial charge in [0.1, 0.15) is 6.04 Å². The van der Waals surface area contributed by atoms with E-state index in [9.17, 15) is 14.9 Å². The van der Waals surface area contributed by atoms with Crippen LogP contribution in [0.15, 0.2) is 23.1 Å². The number of amides is 2. The highest BCUT2D eigenvalue weighted by molar-refractivity contribution is 7.94. The van der Waals surface area contributed by atoms with Crippen molar-refractivity contribution >= 4 is 23.9 Å². The van der Waals surface area contributed by atoms with Crippen LogP contribution in [0.1, 0.15) is 42.9 Å². The van der Waals surface area contributed by atoms with Crippen molar-refractivity contribution in [3.05, 3.63) is 29.3 Å². The number of nitrogens with zero attached hydrogens (tertiary/aromatic N) is 5. The van der Waals surface area contributed by atoms with Gasteiger partial charge >= 0.3 is 0 Å². The van der Waals surface area contributed by atoms with Crippen molar-refractivity contribution in [1.82, 2.24) is 19.8 Å². The third kappa shape index (κ3) is 4.67. The van der Waals surface area contributed by atoms with E-state index >= 15 is 0 Å². The van der Waals surface area contributed by atoms with Gasteiger partial charge in [-0.1, -0.05) is 6.07 Å². The van der Waals surface area contributed by atoms with Gasteiger partial charge in [0.15, 0.2) is 0 Å². The second-order valence-electron chi connectivity index (χ2n) is 9.98. The standard InChI is InChI=1S/C24H32N6O4S/c1-27(2)33-34-35-18-6-7-19-15(10-18)5-8-21(19)30-17-11-22(24(30)32)28(13-17)14-20(26)23(31)29-9-3-4-16(29)12-25/h6-7,10,16-17,20-22H,3-5,8-9,11,13-14,26H2,1-2H3/t16-,17-,20-,21+,22-/m0/s1. The number of carbonyl (C=O) groups excluding carboxylic acids is 2. The molecule has 2 amide bonds. The van der Waals surface area contributed by atoms with Gasteiger partial charge in [-0.15, -0.1) is 9.32 Å². The number of hydrogen-bond donors (Lipinski definition) is 1. The first-order valence-electron chi connectivity index (χ1n) is 12.2. The summed E-state index contributed by atoms with van der Waals surface area (Å²) in [6, 6.07) is 7.32. The molecular formula is C24H32N6O4S. The summed E-state index contributed by atoms with van der Waals surface area (Å²) in [6.07, 6.45) is 4.15. The molecule has 1 aliphatic carbocycles. The van der Waals surface area contributed by atoms with Crippen LogP contribution in [0.3, 0.4) is 0 Å². The smallest absolute Gasteiger partial charge is 0.241 e. The van der Waals surface area contributed by atoms with E-state index in [4.69, 9.17) is 15.1 Å². The van der Waals surface area contributed by atoms with E-state index in [0.717, 1.165) is 37.1 Å². The Morgan fingerprint density at radius 2 is 2.17 bits per heavy atom. The molecule has 4 aliphatic rings. The molecule has 188 valence electrons. The van der Waals surface area contributed by atoms with Gasteiger partial charge in [-0.2, -0.15) is 10.3 Å². The van der Waals surface area contributed by atoms with Crippen LogP contribution in [0, 0.1) is 11.3 Å². The fourth-order valence-corrected chi connectivity index (χ4v) is 6.58. The van der Waals surface area contributed by atoms with E-state index in [1.807, 2.05) is 6.07 Å². The second-order valence-corrected chi connectivity index (χ2v) is 10.8. The maximum Gasteiger partial charge on any atom is 0.241 e. The predicted octanol–water partition coefficient (Wildman–Crippen LogP) is 1.23. The van der Waals surface area contributed by atoms with Gasteiger partial charge in [0, 0.05) is 44.7 Å². The number of hydrogen-bond acceptors (Lipinski definition) is 9. The number of nitrogens with two attached hydrogens (primary N) is 1. The van der Waals surface area contributed by atoms with Crippen LogP contribution in [0.25, 0.3) is 0 Å². The van der Waals surface area contributed by atoms with Crippen LogP contribution >= 0.6 is 12.0 Å². The van der Waals surface area contributed by atoms with Crippen LogP contribution in [0.5, 0.6) is 0 Å². The molecule has 3 fully saturated rings. The Morgan fingerprint density at radius 3 is 2.91 bits per heavy atom. The third-order valence-corrected chi connectivity index (χ3v) is 8.13. The summed E-state index contributed by atoms with van der Waals surface area (Å²) in [5.74, 6) is -0.0459. The molecule has 3 saturated heterocycles. The quantitative estimate of drug-likeness (QED) is 0.320. The number of fused-ring (bicyclic) bond motifs is 3. The molecule has 0 aromatic heterocycles. The maximum atomic E-state index is 13.4. The molecule has 1 aromatic carbocycles. The minimum Gasteiger partial charge on any atom is -0.330 e. The molecule has 5 rings (SSSR count). The van der Waals surface area contributed by atoms with Crippen molar-refractivity contribution < 1.29 is 18.9 Å². The lowest BCUT2D eigenvalue weighted by atomic mass is 10.1. The lowest BCUT2D eigenvalue weighted by Gasteiger charge is -2.38. The fourth-order valence-electron chi connectivity index (χ4n) is 6.04. The van der Waals surface area contributed by atoms with Gasteiger partial charge in [0.2, 0.25) is 11.8 Å². The van der Waals surface area contributed by atoms with E-state index in [-0.39, 0.29) is 36.0 Å². The van der Waals surface area contributed by atoms with Crippen LogP contribution in [0.2, 0.25) is 0 Å². The van der Waals surface area contributed by atoms with Crippen molar-refractivity contribution in [3.8, 4) is 6.07 Å². The molecule has 0 radical (unpaired) electrons. The van der Waals surface area contributed by atoms with Crippen molar-refractivity contribution in [3.63, 3.8) is 0 Å². The Hall–Kier alpha value is -2.20. The first-order chi connectivity index (χ1) is 16.9. The molecule has 2 N–H and O–H groups in total. The van der Waals surface area contributed by atoms with Gasteiger partial charge in [0.05, 0.1) is 36.2 Å². The molecule has 2 bridgehead atoms. The Kier molecular flexibility index (Phi) is 7.03. The molecule has 0 unspecified atom stereocenters. The van der Waals surface area contributed by atoms with Gasteiger partial charge in [-0.3, -0.25) is 14.5 Å². The van der Waals surface area contributed by atoms with Gasteiger partial charge in [-0.05, 0) is 55.4 Å². The van der Waals surface area contributed by atoms with Gasteiger partial charge in [0.25, 0.3) is 0 Å². The first kappa shape index (κ1) is 24.5. The molecular weight excluding hydrogens is 468 g/mol. The Balaban J connectivity index is 1.20. The van der Waals surface area contributed by atoms with Gasteiger partial charge < -0.3 is 15.5 Å². The highest BCUT2D eigenvalue weighted by Gasteiger charge is 2.53. The number of rotatable bonds is 8. The molecule has 0 saturated carbocycles. The predicted molar refractivity (Wildman–Crippen MR) is 128 cm³/mol. The van der Waals surface area contributed by atoms with E-state index in [0.29, 0.717) is 19.5 Å². The average Bonchev–Trinajstić information content (AvgIpc) is 3.61.